The van der Waals surface area contributed by atoms with Gasteiger partial charge >= 0.3 is 0 Å². The average Bonchev–Trinajstić information content (AvgIpc) is 2.69. The molecule has 2 aliphatic rings. The first-order valence-electron chi connectivity index (χ1n) is 6.52. The second kappa shape index (κ2) is 4.96. The lowest BCUT2D eigenvalue weighted by Gasteiger charge is -2.28. The standard InChI is InChI=1S/C12H22O6S/c1-6-8(18-19(5,13)14)9-7(2)10-11(15-9)17-12(3,4)16-10/h7-11H,6H2,1-5H3/t7-,8?,9?,10+,11+/m0/s1. The van der Waals surface area contributed by atoms with Crippen LogP contribution in [0.4, 0.5) is 0 Å². The van der Waals surface area contributed by atoms with Gasteiger partial charge in [0.2, 0.25) is 0 Å². The summed E-state index contributed by atoms with van der Waals surface area (Å²) in [7, 11) is -3.50. The van der Waals surface area contributed by atoms with E-state index >= 15 is 0 Å². The molecule has 2 fully saturated rings. The van der Waals surface area contributed by atoms with E-state index in [1.807, 2.05) is 27.7 Å². The van der Waals surface area contributed by atoms with Crippen molar-refractivity contribution in [2.45, 2.75) is 64.5 Å². The minimum atomic E-state index is -3.50. The third-order valence-electron chi connectivity index (χ3n) is 3.48. The Morgan fingerprint density at radius 1 is 1.32 bits per heavy atom. The summed E-state index contributed by atoms with van der Waals surface area (Å²) in [5.41, 5.74) is 0. The molecule has 2 saturated heterocycles. The highest BCUT2D eigenvalue weighted by molar-refractivity contribution is 7.86. The van der Waals surface area contributed by atoms with Crippen LogP contribution < -0.4 is 0 Å². The van der Waals surface area contributed by atoms with Gasteiger partial charge in [-0.25, -0.2) is 0 Å². The summed E-state index contributed by atoms with van der Waals surface area (Å²) in [6.45, 7) is 7.50. The van der Waals surface area contributed by atoms with Crippen LogP contribution in [0.2, 0.25) is 0 Å². The van der Waals surface area contributed by atoms with Crippen molar-refractivity contribution in [2.75, 3.05) is 6.26 Å². The summed E-state index contributed by atoms with van der Waals surface area (Å²) in [6.07, 6.45) is 0.109. The summed E-state index contributed by atoms with van der Waals surface area (Å²) in [5.74, 6) is -0.646. The fourth-order valence-corrected chi connectivity index (χ4v) is 3.38. The second-order valence-corrected chi connectivity index (χ2v) is 7.28. The predicted molar refractivity (Wildman–Crippen MR) is 67.9 cm³/mol. The van der Waals surface area contributed by atoms with Crippen molar-refractivity contribution in [3.8, 4) is 0 Å². The van der Waals surface area contributed by atoms with E-state index in [1.165, 1.54) is 0 Å². The number of ether oxygens (including phenoxy) is 3. The molecule has 2 aliphatic heterocycles. The van der Waals surface area contributed by atoms with Crippen LogP contribution in [0.15, 0.2) is 0 Å². The predicted octanol–water partition coefficient (Wildman–Crippen LogP) is 1.25. The Morgan fingerprint density at radius 3 is 2.42 bits per heavy atom. The molecular weight excluding hydrogens is 272 g/mol. The zero-order valence-electron chi connectivity index (χ0n) is 12.0. The second-order valence-electron chi connectivity index (χ2n) is 5.68. The molecule has 0 radical (unpaired) electrons. The molecule has 0 N–H and O–H groups in total. The average molecular weight is 294 g/mol. The van der Waals surface area contributed by atoms with Gasteiger partial charge in [0.05, 0.1) is 12.4 Å². The lowest BCUT2D eigenvalue weighted by atomic mass is 9.96. The summed E-state index contributed by atoms with van der Waals surface area (Å²) in [4.78, 5) is 0. The highest BCUT2D eigenvalue weighted by Gasteiger charge is 2.54. The number of hydrogen-bond donors (Lipinski definition) is 0. The van der Waals surface area contributed by atoms with Gasteiger partial charge in [-0.1, -0.05) is 13.8 Å². The van der Waals surface area contributed by atoms with Crippen molar-refractivity contribution in [3.05, 3.63) is 0 Å². The van der Waals surface area contributed by atoms with Gasteiger partial charge in [0.25, 0.3) is 10.1 Å². The Bertz CT molecular complexity index is 432. The van der Waals surface area contributed by atoms with Crippen LogP contribution in [0.5, 0.6) is 0 Å². The van der Waals surface area contributed by atoms with Crippen molar-refractivity contribution >= 4 is 10.1 Å². The zero-order chi connectivity index (χ0) is 14.4. The van der Waals surface area contributed by atoms with E-state index in [9.17, 15) is 8.42 Å². The lowest BCUT2D eigenvalue weighted by Crippen LogP contribution is -2.37. The van der Waals surface area contributed by atoms with Gasteiger partial charge in [0.15, 0.2) is 12.1 Å². The van der Waals surface area contributed by atoms with Crippen LogP contribution in [0.25, 0.3) is 0 Å². The van der Waals surface area contributed by atoms with Gasteiger partial charge in [-0.05, 0) is 20.3 Å². The first-order chi connectivity index (χ1) is 8.63. The molecule has 2 rings (SSSR count). The van der Waals surface area contributed by atoms with Crippen LogP contribution >= 0.6 is 0 Å². The van der Waals surface area contributed by atoms with Crippen LogP contribution in [0.1, 0.15) is 34.1 Å². The van der Waals surface area contributed by atoms with Crippen LogP contribution in [0.3, 0.4) is 0 Å². The third-order valence-corrected chi connectivity index (χ3v) is 4.08. The molecule has 0 bridgehead atoms. The number of hydrogen-bond acceptors (Lipinski definition) is 6. The van der Waals surface area contributed by atoms with Crippen molar-refractivity contribution in [2.24, 2.45) is 5.92 Å². The molecule has 0 aromatic heterocycles. The van der Waals surface area contributed by atoms with E-state index in [2.05, 4.69) is 0 Å². The van der Waals surface area contributed by atoms with Crippen molar-refractivity contribution in [3.63, 3.8) is 0 Å². The minimum absolute atomic E-state index is 0.0125. The maximum Gasteiger partial charge on any atom is 0.264 e. The highest BCUT2D eigenvalue weighted by atomic mass is 32.2. The van der Waals surface area contributed by atoms with Gasteiger partial charge < -0.3 is 14.2 Å². The van der Waals surface area contributed by atoms with Crippen molar-refractivity contribution in [1.29, 1.82) is 0 Å². The molecule has 6 nitrogen and oxygen atoms in total. The lowest BCUT2D eigenvalue weighted by molar-refractivity contribution is -0.217. The van der Waals surface area contributed by atoms with E-state index in [-0.39, 0.29) is 18.1 Å². The van der Waals surface area contributed by atoms with Gasteiger partial charge in [-0.2, -0.15) is 8.42 Å². The Balaban J connectivity index is 2.08. The molecule has 0 spiro atoms. The molecule has 19 heavy (non-hydrogen) atoms. The summed E-state index contributed by atoms with van der Waals surface area (Å²) < 4.78 is 44.9. The van der Waals surface area contributed by atoms with E-state index in [4.69, 9.17) is 18.4 Å². The summed E-state index contributed by atoms with van der Waals surface area (Å²) in [5, 5.41) is 0. The van der Waals surface area contributed by atoms with E-state index in [1.54, 1.807) is 0 Å². The molecule has 0 aromatic rings. The third kappa shape index (κ3) is 3.28. The Labute approximate surface area is 114 Å². The van der Waals surface area contributed by atoms with Gasteiger partial charge in [-0.15, -0.1) is 0 Å². The van der Waals surface area contributed by atoms with E-state index < -0.39 is 28.3 Å². The largest absolute Gasteiger partial charge is 0.343 e. The molecule has 0 amide bonds. The molecule has 0 aromatic carbocycles. The van der Waals surface area contributed by atoms with Crippen molar-refractivity contribution in [1.82, 2.24) is 0 Å². The fourth-order valence-electron chi connectivity index (χ4n) is 2.69. The van der Waals surface area contributed by atoms with Crippen LogP contribution in [0, 0.1) is 5.92 Å². The number of rotatable bonds is 4. The maximum atomic E-state index is 11.3. The molecule has 0 saturated carbocycles. The SMILES string of the molecule is CCC(OS(C)(=O)=O)C1O[C@@H]2OC(C)(C)O[C@@H]2[C@H]1C. The van der Waals surface area contributed by atoms with E-state index in [0.29, 0.717) is 6.42 Å². The topological polar surface area (TPSA) is 71.1 Å². The quantitative estimate of drug-likeness (QED) is 0.727. The Morgan fingerprint density at radius 2 is 1.95 bits per heavy atom. The van der Waals surface area contributed by atoms with Gasteiger partial charge in [-0.3, -0.25) is 4.18 Å². The Hall–Kier alpha value is -0.210. The molecule has 7 heteroatoms. The zero-order valence-corrected chi connectivity index (χ0v) is 12.8. The monoisotopic (exact) mass is 294 g/mol. The van der Waals surface area contributed by atoms with Crippen molar-refractivity contribution < 1.29 is 26.8 Å². The number of fused-ring (bicyclic) bond motifs is 1. The molecule has 5 atom stereocenters. The molecule has 2 heterocycles. The first kappa shape index (κ1) is 15.2. The first-order valence-corrected chi connectivity index (χ1v) is 8.34. The maximum absolute atomic E-state index is 11.3. The van der Waals surface area contributed by atoms with Gasteiger partial charge in [0.1, 0.15) is 12.2 Å². The molecular formula is C12H22O6S. The Kier molecular flexibility index (Phi) is 3.97. The normalized spacial score (nSPS) is 39.2. The van der Waals surface area contributed by atoms with Crippen LogP contribution in [-0.4, -0.2) is 45.1 Å². The molecule has 0 aliphatic carbocycles. The summed E-state index contributed by atoms with van der Waals surface area (Å²) in [6, 6.07) is 0. The van der Waals surface area contributed by atoms with Gasteiger partial charge in [0, 0.05) is 5.92 Å². The fraction of sp³-hybridized carbons (Fsp3) is 1.00. The smallest absolute Gasteiger partial charge is 0.264 e. The molecule has 2 unspecified atom stereocenters. The minimum Gasteiger partial charge on any atom is -0.343 e. The summed E-state index contributed by atoms with van der Waals surface area (Å²) >= 11 is 0. The van der Waals surface area contributed by atoms with Crippen LogP contribution in [-0.2, 0) is 28.5 Å². The highest BCUT2D eigenvalue weighted by Crippen LogP contribution is 2.42. The molecule has 112 valence electrons. The van der Waals surface area contributed by atoms with E-state index in [0.717, 1.165) is 6.26 Å².